The summed E-state index contributed by atoms with van der Waals surface area (Å²) in [6.45, 7) is 4.01. The van der Waals surface area contributed by atoms with Crippen molar-refractivity contribution in [3.8, 4) is 22.5 Å². The Morgan fingerprint density at radius 1 is 0.774 bits per heavy atom. The first-order chi connectivity index (χ1) is 15.2. The predicted molar refractivity (Wildman–Crippen MR) is 121 cm³/mol. The number of aromatic nitrogens is 4. The number of hydrogen-bond donors (Lipinski definition) is 0. The number of aryl methyl sites for hydroxylation is 1. The van der Waals surface area contributed by atoms with E-state index in [0.717, 1.165) is 33.6 Å². The van der Waals surface area contributed by atoms with E-state index in [1.54, 1.807) is 37.2 Å². The molecule has 31 heavy (non-hydrogen) atoms. The van der Waals surface area contributed by atoms with Gasteiger partial charge in [-0.05, 0) is 24.0 Å². The molecule has 0 spiro atoms. The van der Waals surface area contributed by atoms with Gasteiger partial charge in [0, 0.05) is 48.3 Å². The molecule has 1 unspecified atom stereocenters. The topological polar surface area (TPSA) is 68.6 Å². The number of carbonyl (C=O) groups excluding carboxylic acids is 1. The maximum absolute atomic E-state index is 12.9. The summed E-state index contributed by atoms with van der Waals surface area (Å²) in [5, 5.41) is 0. The molecule has 1 atom stereocenters. The molecular weight excluding hydrogens is 384 g/mol. The second-order valence-electron chi connectivity index (χ2n) is 7.31. The van der Waals surface area contributed by atoms with Crippen LogP contribution in [0.3, 0.4) is 0 Å². The molecule has 2 aromatic carbocycles. The fourth-order valence-electron chi connectivity index (χ4n) is 3.58. The van der Waals surface area contributed by atoms with Crippen molar-refractivity contribution in [3.05, 3.63) is 104 Å². The average Bonchev–Trinajstić information content (AvgIpc) is 2.85. The highest BCUT2D eigenvalue weighted by Crippen LogP contribution is 2.26. The summed E-state index contributed by atoms with van der Waals surface area (Å²) in [5.41, 5.74) is 5.77. The van der Waals surface area contributed by atoms with Gasteiger partial charge >= 0.3 is 0 Å². The molecular formula is C26H23N4O. The lowest BCUT2D eigenvalue weighted by molar-refractivity contribution is -0.120. The van der Waals surface area contributed by atoms with E-state index in [-0.39, 0.29) is 11.7 Å². The zero-order chi connectivity index (χ0) is 21.5. The smallest absolute Gasteiger partial charge is 0.140 e. The predicted octanol–water partition coefficient (Wildman–Crippen LogP) is 5.11. The molecule has 5 nitrogen and oxygen atoms in total. The fourth-order valence-corrected chi connectivity index (χ4v) is 3.58. The molecule has 0 aliphatic carbocycles. The van der Waals surface area contributed by atoms with Crippen LogP contribution in [0.5, 0.6) is 0 Å². The summed E-state index contributed by atoms with van der Waals surface area (Å²) < 4.78 is 0. The van der Waals surface area contributed by atoms with Crippen LogP contribution in [0.2, 0.25) is 0 Å². The van der Waals surface area contributed by atoms with Crippen LogP contribution in [0.4, 0.5) is 0 Å². The molecule has 2 heterocycles. The standard InChI is InChI=1S/C26H23N4O/c1-2-23(20-8-10-22(11-9-20)25-18-28-14-16-30-25)26(31)12-5-19-3-6-21(7-4-19)24-17-27-13-15-29-24/h3-4,6-11,13-18,23H,1-2,5,12H2. The summed E-state index contributed by atoms with van der Waals surface area (Å²) >= 11 is 0. The van der Waals surface area contributed by atoms with Crippen LogP contribution in [-0.2, 0) is 11.2 Å². The van der Waals surface area contributed by atoms with Gasteiger partial charge in [-0.1, -0.05) is 55.5 Å². The Balaban J connectivity index is 1.39. The van der Waals surface area contributed by atoms with Crippen molar-refractivity contribution in [3.63, 3.8) is 0 Å². The van der Waals surface area contributed by atoms with Crippen molar-refractivity contribution in [1.29, 1.82) is 0 Å². The second-order valence-corrected chi connectivity index (χ2v) is 7.31. The van der Waals surface area contributed by atoms with Crippen LogP contribution in [0.1, 0.15) is 29.9 Å². The Morgan fingerprint density at radius 2 is 1.32 bits per heavy atom. The van der Waals surface area contributed by atoms with E-state index in [2.05, 4.69) is 26.9 Å². The number of rotatable bonds is 8. The molecule has 4 aromatic rings. The first-order valence-corrected chi connectivity index (χ1v) is 10.3. The molecule has 0 saturated carbocycles. The molecule has 0 N–H and O–H groups in total. The van der Waals surface area contributed by atoms with Gasteiger partial charge in [0.05, 0.1) is 23.8 Å². The van der Waals surface area contributed by atoms with Gasteiger partial charge in [-0.3, -0.25) is 24.7 Å². The molecule has 0 amide bonds. The zero-order valence-corrected chi connectivity index (χ0v) is 17.2. The second kappa shape index (κ2) is 9.85. The summed E-state index contributed by atoms with van der Waals surface area (Å²) in [6, 6.07) is 16.1. The largest absolute Gasteiger partial charge is 0.299 e. The maximum Gasteiger partial charge on any atom is 0.140 e. The lowest BCUT2D eigenvalue weighted by Crippen LogP contribution is -2.12. The number of benzene rings is 2. The van der Waals surface area contributed by atoms with Crippen molar-refractivity contribution in [2.45, 2.75) is 25.2 Å². The Labute approximate surface area is 182 Å². The number of hydrogen-bond acceptors (Lipinski definition) is 5. The van der Waals surface area contributed by atoms with Crippen molar-refractivity contribution >= 4 is 5.78 Å². The van der Waals surface area contributed by atoms with E-state index in [1.807, 2.05) is 48.5 Å². The zero-order valence-electron chi connectivity index (χ0n) is 17.2. The Hall–Kier alpha value is -3.73. The van der Waals surface area contributed by atoms with Crippen LogP contribution in [0.25, 0.3) is 22.5 Å². The third kappa shape index (κ3) is 5.07. The normalized spacial score (nSPS) is 11.8. The lowest BCUT2D eigenvalue weighted by Gasteiger charge is -2.15. The van der Waals surface area contributed by atoms with Crippen LogP contribution < -0.4 is 0 Å². The van der Waals surface area contributed by atoms with Gasteiger partial charge in [0.1, 0.15) is 5.78 Å². The SMILES string of the molecule is [CH2]CC(C(=O)CCc1ccc(-c2cnccn2)cc1)c1ccc(-c2cnccn2)cc1. The number of carbonyl (C=O) groups is 1. The summed E-state index contributed by atoms with van der Waals surface area (Å²) in [6.07, 6.45) is 11.9. The maximum atomic E-state index is 12.9. The van der Waals surface area contributed by atoms with Gasteiger partial charge in [-0.2, -0.15) is 0 Å². The Morgan fingerprint density at radius 3 is 1.81 bits per heavy atom. The van der Waals surface area contributed by atoms with Gasteiger partial charge in [-0.25, -0.2) is 0 Å². The molecule has 0 bridgehead atoms. The van der Waals surface area contributed by atoms with E-state index < -0.39 is 0 Å². The van der Waals surface area contributed by atoms with Crippen LogP contribution >= 0.6 is 0 Å². The van der Waals surface area contributed by atoms with Gasteiger partial charge in [0.2, 0.25) is 0 Å². The van der Waals surface area contributed by atoms with E-state index in [9.17, 15) is 4.79 Å². The minimum Gasteiger partial charge on any atom is -0.299 e. The van der Waals surface area contributed by atoms with Crippen molar-refractivity contribution in [2.24, 2.45) is 0 Å². The molecule has 153 valence electrons. The van der Waals surface area contributed by atoms with Gasteiger partial charge in [0.15, 0.2) is 0 Å². The minimum atomic E-state index is -0.199. The molecule has 0 aliphatic heterocycles. The fraction of sp³-hybridized carbons (Fsp3) is 0.154. The Kier molecular flexibility index (Phi) is 6.53. The van der Waals surface area contributed by atoms with Crippen LogP contribution in [-0.4, -0.2) is 25.7 Å². The monoisotopic (exact) mass is 407 g/mol. The highest BCUT2D eigenvalue weighted by molar-refractivity contribution is 5.86. The average molecular weight is 407 g/mol. The number of ketones is 1. The van der Waals surface area contributed by atoms with Crippen molar-refractivity contribution in [1.82, 2.24) is 19.9 Å². The minimum absolute atomic E-state index is 0.199. The molecule has 1 radical (unpaired) electrons. The molecule has 0 fully saturated rings. The molecule has 0 aliphatic rings. The van der Waals surface area contributed by atoms with Crippen LogP contribution in [0.15, 0.2) is 85.7 Å². The van der Waals surface area contributed by atoms with E-state index in [0.29, 0.717) is 19.3 Å². The van der Waals surface area contributed by atoms with Crippen molar-refractivity contribution in [2.75, 3.05) is 0 Å². The molecule has 2 aromatic heterocycles. The highest BCUT2D eigenvalue weighted by atomic mass is 16.1. The quantitative estimate of drug-likeness (QED) is 0.406. The van der Waals surface area contributed by atoms with E-state index in [4.69, 9.17) is 0 Å². The van der Waals surface area contributed by atoms with E-state index >= 15 is 0 Å². The molecule has 5 heteroatoms. The van der Waals surface area contributed by atoms with Gasteiger partial charge in [-0.15, -0.1) is 0 Å². The van der Waals surface area contributed by atoms with Crippen LogP contribution in [0, 0.1) is 6.92 Å². The number of Topliss-reactive ketones (excluding diaryl/α,β-unsaturated/α-hetero) is 1. The van der Waals surface area contributed by atoms with Gasteiger partial charge in [0.25, 0.3) is 0 Å². The van der Waals surface area contributed by atoms with Crippen molar-refractivity contribution < 1.29 is 4.79 Å². The Bertz CT molecular complexity index is 1110. The first-order valence-electron chi connectivity index (χ1n) is 10.3. The first kappa shape index (κ1) is 20.5. The molecule has 4 rings (SSSR count). The number of nitrogens with zero attached hydrogens (tertiary/aromatic N) is 4. The molecule has 0 saturated heterocycles. The van der Waals surface area contributed by atoms with E-state index in [1.165, 1.54) is 0 Å². The van der Waals surface area contributed by atoms with Gasteiger partial charge < -0.3 is 0 Å². The summed E-state index contributed by atoms with van der Waals surface area (Å²) in [7, 11) is 0. The lowest BCUT2D eigenvalue weighted by atomic mass is 9.88. The summed E-state index contributed by atoms with van der Waals surface area (Å²) in [5.74, 6) is 0.00929. The third-order valence-corrected chi connectivity index (χ3v) is 5.32. The third-order valence-electron chi connectivity index (χ3n) is 5.32. The highest BCUT2D eigenvalue weighted by Gasteiger charge is 2.18. The summed E-state index contributed by atoms with van der Waals surface area (Å²) in [4.78, 5) is 29.8.